The Hall–Kier alpha value is -1.93. The van der Waals surface area contributed by atoms with Crippen molar-refractivity contribution in [3.63, 3.8) is 0 Å². The number of carbonyl (C=O) groups excluding carboxylic acids is 1. The lowest BCUT2D eigenvalue weighted by atomic mass is 10.2. The Morgan fingerprint density at radius 2 is 1.68 bits per heavy atom. The summed E-state index contributed by atoms with van der Waals surface area (Å²) in [7, 11) is -4.14. The lowest BCUT2D eigenvalue weighted by molar-refractivity contribution is -0.138. The van der Waals surface area contributed by atoms with Crippen LogP contribution in [0.5, 0.6) is 0 Å². The van der Waals surface area contributed by atoms with Gasteiger partial charge in [0.1, 0.15) is 11.9 Å². The maximum atomic E-state index is 14.9. The Morgan fingerprint density at radius 1 is 1.09 bits per heavy atom. The summed E-state index contributed by atoms with van der Waals surface area (Å²) in [5.41, 5.74) is -0.364. The van der Waals surface area contributed by atoms with E-state index in [9.17, 15) is 19.0 Å². The highest BCUT2D eigenvalue weighted by atomic mass is 32.2. The van der Waals surface area contributed by atoms with Crippen LogP contribution < -0.4 is 5.32 Å². The molecular weight excluding hydrogens is 486 g/mol. The maximum absolute atomic E-state index is 14.9. The molecule has 0 saturated heterocycles. The lowest BCUT2D eigenvalue weighted by Gasteiger charge is -2.29. The van der Waals surface area contributed by atoms with Crippen LogP contribution in [0.2, 0.25) is 0 Å². The molecule has 0 aromatic heterocycles. The first-order chi connectivity index (χ1) is 16.4. The lowest BCUT2D eigenvalue weighted by Crippen LogP contribution is -2.26. The van der Waals surface area contributed by atoms with Crippen LogP contribution in [0.15, 0.2) is 34.9 Å². The Kier molecular flexibility index (Phi) is 14.7. The minimum atomic E-state index is -4.14. The van der Waals surface area contributed by atoms with Gasteiger partial charge in [-0.25, -0.2) is 9.18 Å². The SMILES string of the molecule is CCOCCOP(=O)(OCCOCC)C(N/C(SC)=C(/C#N)C(=O)OCC)c1ccccc1F. The van der Waals surface area contributed by atoms with Crippen molar-refractivity contribution in [2.45, 2.75) is 26.6 Å². The summed E-state index contributed by atoms with van der Waals surface area (Å²) in [5, 5.41) is 12.5. The highest BCUT2D eigenvalue weighted by Crippen LogP contribution is 2.60. The van der Waals surface area contributed by atoms with Gasteiger partial charge < -0.3 is 28.6 Å². The molecule has 0 fully saturated rings. The van der Waals surface area contributed by atoms with Crippen LogP contribution in [0, 0.1) is 17.1 Å². The van der Waals surface area contributed by atoms with E-state index in [4.69, 9.17) is 23.3 Å². The number of halogens is 1. The Bertz CT molecular complexity index is 878. The van der Waals surface area contributed by atoms with E-state index in [1.54, 1.807) is 39.2 Å². The zero-order valence-electron chi connectivity index (χ0n) is 19.9. The molecule has 0 saturated carbocycles. The van der Waals surface area contributed by atoms with Crippen LogP contribution in [0.25, 0.3) is 0 Å². The van der Waals surface area contributed by atoms with Crippen molar-refractivity contribution in [3.8, 4) is 6.07 Å². The van der Waals surface area contributed by atoms with Crippen LogP contribution in [-0.2, 0) is 32.6 Å². The van der Waals surface area contributed by atoms with Gasteiger partial charge in [-0.2, -0.15) is 5.26 Å². The van der Waals surface area contributed by atoms with E-state index in [1.165, 1.54) is 18.2 Å². The number of thioether (sulfide) groups is 1. The van der Waals surface area contributed by atoms with Gasteiger partial charge in [0.25, 0.3) is 0 Å². The minimum Gasteiger partial charge on any atom is -0.462 e. The van der Waals surface area contributed by atoms with Gasteiger partial charge >= 0.3 is 13.6 Å². The quantitative estimate of drug-likeness (QED) is 0.105. The maximum Gasteiger partial charge on any atom is 0.357 e. The van der Waals surface area contributed by atoms with E-state index in [1.807, 2.05) is 0 Å². The molecule has 0 radical (unpaired) electrons. The molecule has 0 aliphatic heterocycles. The number of benzene rings is 1. The number of nitriles is 1. The highest BCUT2D eigenvalue weighted by Gasteiger charge is 2.40. The van der Waals surface area contributed by atoms with Crippen LogP contribution in [-0.4, -0.2) is 58.5 Å². The standard InChI is InChI=1S/C22H32FN2O7PS/c1-5-28-12-14-31-33(27,32-15-13-29-6-2)20(17-10-8-9-11-19(17)23)25-21(34-4)18(16-24)22(26)30-7-3/h8-11,20,25H,5-7,12-15H2,1-4H3/b21-18+. The first kappa shape index (κ1) is 30.1. The van der Waals surface area contributed by atoms with E-state index in [2.05, 4.69) is 5.32 Å². The van der Waals surface area contributed by atoms with Crippen LogP contribution in [0.4, 0.5) is 4.39 Å². The third-order valence-corrected chi connectivity index (χ3v) is 7.07. The molecule has 1 atom stereocenters. The number of hydrogen-bond donors (Lipinski definition) is 1. The second-order valence-corrected chi connectivity index (χ2v) is 9.34. The summed E-state index contributed by atoms with van der Waals surface area (Å²) in [6.45, 7) is 6.22. The Labute approximate surface area is 204 Å². The molecule has 1 rings (SSSR count). The molecule has 1 aromatic rings. The third kappa shape index (κ3) is 9.37. The topological polar surface area (TPSA) is 116 Å². The molecule has 0 aliphatic rings. The summed E-state index contributed by atoms with van der Waals surface area (Å²) in [6.07, 6.45) is 1.61. The van der Waals surface area contributed by atoms with Crippen molar-refractivity contribution in [3.05, 3.63) is 46.2 Å². The normalized spacial score (nSPS) is 13.1. The Balaban J connectivity index is 3.50. The molecule has 1 unspecified atom stereocenters. The van der Waals surface area contributed by atoms with Crippen molar-refractivity contribution in [1.29, 1.82) is 5.26 Å². The highest BCUT2D eigenvalue weighted by molar-refractivity contribution is 8.02. The fraction of sp³-hybridized carbons (Fsp3) is 0.545. The molecule has 0 bridgehead atoms. The third-order valence-electron chi connectivity index (χ3n) is 4.21. The molecule has 1 aromatic carbocycles. The van der Waals surface area contributed by atoms with Gasteiger partial charge in [0.2, 0.25) is 0 Å². The van der Waals surface area contributed by atoms with Gasteiger partial charge in [-0.1, -0.05) is 18.2 Å². The fourth-order valence-corrected chi connectivity index (χ4v) is 5.22. The molecule has 0 heterocycles. The number of hydrogen-bond acceptors (Lipinski definition) is 10. The minimum absolute atomic E-state index is 0.0219. The van der Waals surface area contributed by atoms with Crippen molar-refractivity contribution >= 4 is 25.3 Å². The van der Waals surface area contributed by atoms with Crippen LogP contribution in [0.1, 0.15) is 32.1 Å². The van der Waals surface area contributed by atoms with Gasteiger partial charge in [-0.05, 0) is 33.1 Å². The van der Waals surface area contributed by atoms with Crippen molar-refractivity contribution in [2.75, 3.05) is 52.5 Å². The number of esters is 1. The predicted octanol–water partition coefficient (Wildman–Crippen LogP) is 4.37. The second-order valence-electron chi connectivity index (χ2n) is 6.41. The van der Waals surface area contributed by atoms with E-state index < -0.39 is 25.2 Å². The molecule has 34 heavy (non-hydrogen) atoms. The average molecular weight is 519 g/mol. The number of rotatable bonds is 17. The predicted molar refractivity (Wildman–Crippen MR) is 128 cm³/mol. The van der Waals surface area contributed by atoms with Crippen molar-refractivity contribution < 1.29 is 37.0 Å². The number of ether oxygens (including phenoxy) is 3. The zero-order chi connectivity index (χ0) is 25.4. The van der Waals surface area contributed by atoms with Gasteiger partial charge in [0, 0.05) is 18.8 Å². The molecule has 190 valence electrons. The molecule has 0 amide bonds. The van der Waals surface area contributed by atoms with Crippen molar-refractivity contribution in [2.24, 2.45) is 0 Å². The van der Waals surface area contributed by atoms with E-state index in [0.29, 0.717) is 13.2 Å². The van der Waals surface area contributed by atoms with E-state index >= 15 is 0 Å². The molecule has 0 spiro atoms. The van der Waals surface area contributed by atoms with Gasteiger partial charge in [-0.15, -0.1) is 11.8 Å². The summed E-state index contributed by atoms with van der Waals surface area (Å²) >= 11 is 1.01. The van der Waals surface area contributed by atoms with E-state index in [0.717, 1.165) is 11.8 Å². The molecular formula is C22H32FN2O7PS. The average Bonchev–Trinajstić information content (AvgIpc) is 2.83. The summed E-state index contributed by atoms with van der Waals surface area (Å²) < 4.78 is 55.7. The van der Waals surface area contributed by atoms with Crippen molar-refractivity contribution in [1.82, 2.24) is 5.32 Å². The number of nitrogens with zero attached hydrogens (tertiary/aromatic N) is 1. The summed E-state index contributed by atoms with van der Waals surface area (Å²) in [6, 6.07) is 7.47. The molecule has 9 nitrogen and oxygen atoms in total. The largest absolute Gasteiger partial charge is 0.462 e. The van der Waals surface area contributed by atoms with Gasteiger partial charge in [-0.3, -0.25) is 4.57 Å². The molecule has 12 heteroatoms. The van der Waals surface area contributed by atoms with Gasteiger partial charge in [0.15, 0.2) is 11.4 Å². The fourth-order valence-electron chi connectivity index (χ4n) is 2.70. The summed E-state index contributed by atoms with van der Waals surface area (Å²) in [5.74, 6) is -2.91. The first-order valence-corrected chi connectivity index (χ1v) is 13.6. The molecule has 0 aliphatic carbocycles. The number of carbonyl (C=O) groups is 1. The smallest absolute Gasteiger partial charge is 0.357 e. The van der Waals surface area contributed by atoms with E-state index in [-0.39, 0.29) is 49.2 Å². The number of nitrogens with one attached hydrogen (secondary N) is 1. The summed E-state index contributed by atoms with van der Waals surface area (Å²) in [4.78, 5) is 12.3. The Morgan fingerprint density at radius 3 is 2.15 bits per heavy atom. The van der Waals surface area contributed by atoms with Gasteiger partial charge in [0.05, 0.1) is 38.1 Å². The first-order valence-electron chi connectivity index (χ1n) is 10.8. The van der Waals surface area contributed by atoms with Crippen LogP contribution >= 0.6 is 19.4 Å². The zero-order valence-corrected chi connectivity index (χ0v) is 21.6. The second kappa shape index (κ2) is 16.7. The van der Waals surface area contributed by atoms with Crippen LogP contribution in [0.3, 0.4) is 0 Å². The monoisotopic (exact) mass is 518 g/mol. The molecule has 1 N–H and O–H groups in total.